The molecule has 0 aliphatic carbocycles. The zero-order valence-electron chi connectivity index (χ0n) is 8.03. The molecule has 2 nitrogen and oxygen atoms in total. The Kier molecular flexibility index (Phi) is 1.90. The number of hydrogen-bond donors (Lipinski definition) is 0. The van der Waals surface area contributed by atoms with E-state index in [1.54, 1.807) is 0 Å². The number of rotatable bonds is 0. The lowest BCUT2D eigenvalue weighted by Crippen LogP contribution is -1.88. The molecule has 1 aliphatic rings. The Morgan fingerprint density at radius 3 is 3.20 bits per heavy atom. The summed E-state index contributed by atoms with van der Waals surface area (Å²) in [5.74, 6) is 1.13. The molecule has 0 saturated carbocycles. The van der Waals surface area contributed by atoms with E-state index in [0.29, 0.717) is 0 Å². The van der Waals surface area contributed by atoms with Gasteiger partial charge in [-0.05, 0) is 30.2 Å². The molecule has 0 radical (unpaired) electrons. The van der Waals surface area contributed by atoms with Crippen molar-refractivity contribution >= 4 is 22.7 Å². The van der Waals surface area contributed by atoms with Gasteiger partial charge in [0.25, 0.3) is 0 Å². The van der Waals surface area contributed by atoms with Gasteiger partial charge in [-0.15, -0.1) is 11.8 Å². The Morgan fingerprint density at radius 2 is 2.33 bits per heavy atom. The molecule has 0 bridgehead atoms. The van der Waals surface area contributed by atoms with Crippen LogP contribution in [0.3, 0.4) is 0 Å². The van der Waals surface area contributed by atoms with Crippen LogP contribution in [0.5, 0.6) is 0 Å². The number of hydrogen-bond acceptors (Lipinski definition) is 3. The lowest BCUT2D eigenvalue weighted by atomic mass is 10.1. The molecule has 1 aromatic heterocycles. The van der Waals surface area contributed by atoms with Crippen LogP contribution in [-0.2, 0) is 6.42 Å². The van der Waals surface area contributed by atoms with E-state index in [1.807, 2.05) is 36.2 Å². The topological polar surface area (TPSA) is 36.7 Å². The molecule has 1 aliphatic heterocycles. The summed E-state index contributed by atoms with van der Waals surface area (Å²) in [7, 11) is 0. The largest absolute Gasteiger partial charge is 0.255 e. The normalized spacial score (nSPS) is 13.8. The maximum Gasteiger partial charge on any atom is 0.0991 e. The van der Waals surface area contributed by atoms with E-state index < -0.39 is 0 Å². The number of benzene rings is 1. The highest BCUT2D eigenvalue weighted by atomic mass is 32.2. The number of aryl methyl sites for hydroxylation is 1. The molecule has 0 unspecified atom stereocenters. The van der Waals surface area contributed by atoms with Crippen molar-refractivity contribution in [2.45, 2.75) is 11.3 Å². The van der Waals surface area contributed by atoms with Crippen LogP contribution in [0.2, 0.25) is 0 Å². The first-order chi connectivity index (χ1) is 7.38. The van der Waals surface area contributed by atoms with Crippen LogP contribution in [0.1, 0.15) is 11.1 Å². The van der Waals surface area contributed by atoms with E-state index in [-0.39, 0.29) is 0 Å². The quantitative estimate of drug-likeness (QED) is 0.673. The van der Waals surface area contributed by atoms with Crippen LogP contribution in [0.4, 0.5) is 0 Å². The summed E-state index contributed by atoms with van der Waals surface area (Å²) in [5, 5.41) is 10.0. The van der Waals surface area contributed by atoms with Gasteiger partial charge in [-0.25, -0.2) is 0 Å². The lowest BCUT2D eigenvalue weighted by molar-refractivity contribution is 1.14. The third kappa shape index (κ3) is 1.30. The van der Waals surface area contributed by atoms with Crippen LogP contribution in [0.15, 0.2) is 29.3 Å². The van der Waals surface area contributed by atoms with Crippen molar-refractivity contribution in [3.8, 4) is 6.07 Å². The highest BCUT2D eigenvalue weighted by molar-refractivity contribution is 7.99. The summed E-state index contributed by atoms with van der Waals surface area (Å²) >= 11 is 1.85. The zero-order chi connectivity index (χ0) is 10.3. The van der Waals surface area contributed by atoms with Crippen LogP contribution >= 0.6 is 11.8 Å². The van der Waals surface area contributed by atoms with Gasteiger partial charge in [0.2, 0.25) is 0 Å². The van der Waals surface area contributed by atoms with E-state index in [9.17, 15) is 0 Å². The third-order valence-electron chi connectivity index (χ3n) is 2.68. The van der Waals surface area contributed by atoms with Crippen LogP contribution in [-0.4, -0.2) is 10.7 Å². The maximum atomic E-state index is 8.87. The van der Waals surface area contributed by atoms with Crippen molar-refractivity contribution in [2.75, 3.05) is 5.75 Å². The SMILES string of the molecule is N#Cc1ccc2ncc3c(c2c1)CCS3. The van der Waals surface area contributed by atoms with Crippen LogP contribution < -0.4 is 0 Å². The molecular formula is C12H8N2S. The molecule has 15 heavy (non-hydrogen) atoms. The molecule has 0 amide bonds. The third-order valence-corrected chi connectivity index (χ3v) is 3.75. The number of nitriles is 1. The second-order valence-corrected chi connectivity index (χ2v) is 4.68. The fraction of sp³-hybridized carbons (Fsp3) is 0.167. The molecular weight excluding hydrogens is 204 g/mol. The molecule has 2 heterocycles. The first-order valence-corrected chi connectivity index (χ1v) is 5.81. The number of thioether (sulfide) groups is 1. The van der Waals surface area contributed by atoms with E-state index in [4.69, 9.17) is 5.26 Å². The molecule has 2 aromatic rings. The van der Waals surface area contributed by atoms with Gasteiger partial charge in [-0.1, -0.05) is 0 Å². The number of pyridine rings is 1. The molecule has 0 N–H and O–H groups in total. The fourth-order valence-electron chi connectivity index (χ4n) is 1.94. The first kappa shape index (κ1) is 8.75. The highest BCUT2D eigenvalue weighted by Crippen LogP contribution is 2.35. The Bertz CT molecular complexity index is 584. The molecule has 3 rings (SSSR count). The first-order valence-electron chi connectivity index (χ1n) is 4.83. The summed E-state index contributed by atoms with van der Waals surface area (Å²) < 4.78 is 0. The van der Waals surface area contributed by atoms with E-state index >= 15 is 0 Å². The van der Waals surface area contributed by atoms with Gasteiger partial charge < -0.3 is 0 Å². The van der Waals surface area contributed by atoms with Crippen molar-refractivity contribution < 1.29 is 0 Å². The Balaban J connectivity index is 2.38. The van der Waals surface area contributed by atoms with Crippen LogP contribution in [0, 0.1) is 11.3 Å². The summed E-state index contributed by atoms with van der Waals surface area (Å²) in [6, 6.07) is 7.88. The molecule has 0 atom stereocenters. The Hall–Kier alpha value is -1.53. The highest BCUT2D eigenvalue weighted by Gasteiger charge is 2.15. The van der Waals surface area contributed by atoms with Gasteiger partial charge in [0.15, 0.2) is 0 Å². The number of aromatic nitrogens is 1. The van der Waals surface area contributed by atoms with Gasteiger partial charge in [-0.2, -0.15) is 5.26 Å². The average molecular weight is 212 g/mol. The predicted octanol–water partition coefficient (Wildman–Crippen LogP) is 2.75. The molecule has 0 saturated heterocycles. The van der Waals surface area contributed by atoms with Crippen molar-refractivity contribution in [3.63, 3.8) is 0 Å². The van der Waals surface area contributed by atoms with Crippen molar-refractivity contribution in [2.24, 2.45) is 0 Å². The van der Waals surface area contributed by atoms with E-state index in [1.165, 1.54) is 10.5 Å². The van der Waals surface area contributed by atoms with Gasteiger partial charge in [0, 0.05) is 22.2 Å². The minimum atomic E-state index is 0.717. The molecule has 0 spiro atoms. The molecule has 72 valence electrons. The van der Waals surface area contributed by atoms with Crippen molar-refractivity contribution in [3.05, 3.63) is 35.5 Å². The number of fused-ring (bicyclic) bond motifs is 3. The molecule has 0 fully saturated rings. The van der Waals surface area contributed by atoms with Crippen molar-refractivity contribution in [1.29, 1.82) is 5.26 Å². The predicted molar refractivity (Wildman–Crippen MR) is 60.9 cm³/mol. The zero-order valence-corrected chi connectivity index (χ0v) is 8.84. The summed E-state index contributed by atoms with van der Waals surface area (Å²) in [4.78, 5) is 5.67. The Labute approximate surface area is 91.9 Å². The monoisotopic (exact) mass is 212 g/mol. The van der Waals surface area contributed by atoms with Gasteiger partial charge >= 0.3 is 0 Å². The second kappa shape index (κ2) is 3.25. The lowest BCUT2D eigenvalue weighted by Gasteiger charge is -2.03. The fourth-order valence-corrected chi connectivity index (χ4v) is 2.98. The average Bonchev–Trinajstić information content (AvgIpc) is 2.76. The number of nitrogens with zero attached hydrogens (tertiary/aromatic N) is 2. The summed E-state index contributed by atoms with van der Waals surface area (Å²) in [6.45, 7) is 0. The van der Waals surface area contributed by atoms with Gasteiger partial charge in [0.1, 0.15) is 0 Å². The van der Waals surface area contributed by atoms with Crippen LogP contribution in [0.25, 0.3) is 10.9 Å². The standard InChI is InChI=1S/C12H8N2S/c13-6-8-1-2-11-10(5-8)9-3-4-15-12(9)7-14-11/h1-2,5,7H,3-4H2. The summed E-state index contributed by atoms with van der Waals surface area (Å²) in [5.41, 5.74) is 3.08. The van der Waals surface area contributed by atoms with Gasteiger partial charge in [0.05, 0.1) is 17.1 Å². The van der Waals surface area contributed by atoms with E-state index in [0.717, 1.165) is 28.6 Å². The minimum absolute atomic E-state index is 0.717. The van der Waals surface area contributed by atoms with E-state index in [2.05, 4.69) is 11.1 Å². The molecule has 1 aromatic carbocycles. The maximum absolute atomic E-state index is 8.87. The second-order valence-electron chi connectivity index (χ2n) is 3.54. The Morgan fingerprint density at radius 1 is 1.40 bits per heavy atom. The minimum Gasteiger partial charge on any atom is -0.255 e. The summed E-state index contributed by atoms with van der Waals surface area (Å²) in [6.07, 6.45) is 3.04. The molecule has 3 heteroatoms. The van der Waals surface area contributed by atoms with Gasteiger partial charge in [-0.3, -0.25) is 4.98 Å². The van der Waals surface area contributed by atoms with Crippen molar-refractivity contribution in [1.82, 2.24) is 4.98 Å². The smallest absolute Gasteiger partial charge is 0.0991 e.